The highest BCUT2D eigenvalue weighted by atomic mass is 16.3. The van der Waals surface area contributed by atoms with Crippen molar-refractivity contribution in [1.82, 2.24) is 0 Å². The maximum atomic E-state index is 10.2. The molecule has 0 radical (unpaired) electrons. The predicted molar refractivity (Wildman–Crippen MR) is 77.1 cm³/mol. The van der Waals surface area contributed by atoms with Crippen LogP contribution in [0.4, 0.5) is 5.69 Å². The molecule has 1 unspecified atom stereocenters. The summed E-state index contributed by atoms with van der Waals surface area (Å²) in [7, 11) is 2.15. The lowest BCUT2D eigenvalue weighted by Crippen LogP contribution is -2.24. The summed E-state index contributed by atoms with van der Waals surface area (Å²) in [6.07, 6.45) is 6.52. The van der Waals surface area contributed by atoms with Crippen LogP contribution in [0.2, 0.25) is 0 Å². The molecule has 1 aliphatic heterocycles. The Hall–Kier alpha value is -1.02. The molecule has 1 heterocycles. The third-order valence-corrected chi connectivity index (χ3v) is 3.92. The zero-order valence-corrected chi connectivity index (χ0v) is 11.7. The van der Waals surface area contributed by atoms with Crippen LogP contribution in [0.1, 0.15) is 56.3 Å². The number of aliphatic hydroxyl groups is 1. The van der Waals surface area contributed by atoms with Gasteiger partial charge in [-0.25, -0.2) is 0 Å². The number of unbranched alkanes of at least 4 members (excludes halogenated alkanes) is 2. The average Bonchev–Trinajstić information content (AvgIpc) is 2.39. The van der Waals surface area contributed by atoms with Gasteiger partial charge in [0.2, 0.25) is 0 Å². The van der Waals surface area contributed by atoms with Crippen molar-refractivity contribution < 1.29 is 5.11 Å². The first-order valence-corrected chi connectivity index (χ1v) is 7.24. The molecule has 2 heteroatoms. The minimum atomic E-state index is -0.283. The average molecular weight is 247 g/mol. The fourth-order valence-corrected chi connectivity index (χ4v) is 2.77. The molecule has 0 spiro atoms. The lowest BCUT2D eigenvalue weighted by atomic mass is 9.96. The molecular weight excluding hydrogens is 222 g/mol. The summed E-state index contributed by atoms with van der Waals surface area (Å²) < 4.78 is 0. The van der Waals surface area contributed by atoms with E-state index in [-0.39, 0.29) is 6.10 Å². The first kappa shape index (κ1) is 13.4. The Morgan fingerprint density at radius 1 is 1.33 bits per heavy atom. The minimum Gasteiger partial charge on any atom is -0.388 e. The lowest BCUT2D eigenvalue weighted by Gasteiger charge is -2.28. The molecule has 1 aromatic carbocycles. The number of anilines is 1. The van der Waals surface area contributed by atoms with Gasteiger partial charge in [-0.2, -0.15) is 0 Å². The van der Waals surface area contributed by atoms with E-state index in [4.69, 9.17) is 0 Å². The molecule has 0 saturated heterocycles. The van der Waals surface area contributed by atoms with Crippen molar-refractivity contribution in [3.8, 4) is 0 Å². The van der Waals surface area contributed by atoms with E-state index in [1.54, 1.807) is 0 Å². The highest BCUT2D eigenvalue weighted by Crippen LogP contribution is 2.30. The van der Waals surface area contributed by atoms with Gasteiger partial charge in [0, 0.05) is 19.3 Å². The van der Waals surface area contributed by atoms with Crippen LogP contribution in [-0.4, -0.2) is 18.7 Å². The van der Waals surface area contributed by atoms with Crippen LogP contribution in [0.15, 0.2) is 18.2 Å². The SMILES string of the molecule is CCCCCC(O)c1ccc2c(c1)CCCN2C. The third-order valence-electron chi connectivity index (χ3n) is 3.92. The summed E-state index contributed by atoms with van der Waals surface area (Å²) in [4.78, 5) is 2.31. The van der Waals surface area contributed by atoms with Crippen LogP contribution in [-0.2, 0) is 6.42 Å². The second kappa shape index (κ2) is 6.24. The van der Waals surface area contributed by atoms with Gasteiger partial charge in [-0.3, -0.25) is 0 Å². The first-order chi connectivity index (χ1) is 8.72. The fraction of sp³-hybridized carbons (Fsp3) is 0.625. The number of rotatable bonds is 5. The molecule has 0 aromatic heterocycles. The number of hydrogen-bond acceptors (Lipinski definition) is 2. The van der Waals surface area contributed by atoms with Crippen molar-refractivity contribution in [3.63, 3.8) is 0 Å². The fourth-order valence-electron chi connectivity index (χ4n) is 2.77. The number of benzene rings is 1. The van der Waals surface area contributed by atoms with E-state index < -0.39 is 0 Å². The maximum Gasteiger partial charge on any atom is 0.0790 e. The van der Waals surface area contributed by atoms with Gasteiger partial charge in [0.1, 0.15) is 0 Å². The molecule has 2 rings (SSSR count). The van der Waals surface area contributed by atoms with Crippen LogP contribution in [0, 0.1) is 0 Å². The molecule has 0 saturated carbocycles. The molecule has 1 aromatic rings. The van der Waals surface area contributed by atoms with Crippen molar-refractivity contribution in [2.45, 2.75) is 51.6 Å². The Balaban J connectivity index is 2.06. The zero-order valence-electron chi connectivity index (χ0n) is 11.7. The Labute approximate surface area is 111 Å². The van der Waals surface area contributed by atoms with Gasteiger partial charge in [0.15, 0.2) is 0 Å². The number of aryl methyl sites for hydroxylation is 1. The predicted octanol–water partition coefficient (Wildman–Crippen LogP) is 3.68. The van der Waals surface area contributed by atoms with Crippen LogP contribution in [0.25, 0.3) is 0 Å². The summed E-state index contributed by atoms with van der Waals surface area (Å²) in [6.45, 7) is 3.34. The molecule has 1 atom stereocenters. The summed E-state index contributed by atoms with van der Waals surface area (Å²) in [5, 5.41) is 10.2. The quantitative estimate of drug-likeness (QED) is 0.802. The van der Waals surface area contributed by atoms with Crippen molar-refractivity contribution in [3.05, 3.63) is 29.3 Å². The standard InChI is InChI=1S/C16H25NO/c1-3-4-5-8-16(18)14-9-10-15-13(12-14)7-6-11-17(15)2/h9-10,12,16,18H,3-8,11H2,1-2H3. The summed E-state index contributed by atoms with van der Waals surface area (Å²) in [6, 6.07) is 6.48. The second-order valence-corrected chi connectivity index (χ2v) is 5.42. The van der Waals surface area contributed by atoms with Crippen LogP contribution < -0.4 is 4.90 Å². The maximum absolute atomic E-state index is 10.2. The Morgan fingerprint density at radius 2 is 2.17 bits per heavy atom. The van der Waals surface area contributed by atoms with Gasteiger partial charge in [-0.15, -0.1) is 0 Å². The summed E-state index contributed by atoms with van der Waals surface area (Å²) in [5.74, 6) is 0. The van der Waals surface area contributed by atoms with Crippen molar-refractivity contribution in [1.29, 1.82) is 0 Å². The lowest BCUT2D eigenvalue weighted by molar-refractivity contribution is 0.163. The topological polar surface area (TPSA) is 23.5 Å². The highest BCUT2D eigenvalue weighted by Gasteiger charge is 2.15. The third kappa shape index (κ3) is 3.05. The largest absolute Gasteiger partial charge is 0.388 e. The van der Waals surface area contributed by atoms with Gasteiger partial charge in [0.25, 0.3) is 0 Å². The minimum absolute atomic E-state index is 0.283. The second-order valence-electron chi connectivity index (χ2n) is 5.42. The number of fused-ring (bicyclic) bond motifs is 1. The van der Waals surface area contributed by atoms with Crippen molar-refractivity contribution in [2.24, 2.45) is 0 Å². The van der Waals surface area contributed by atoms with Crippen LogP contribution in [0.3, 0.4) is 0 Å². The smallest absolute Gasteiger partial charge is 0.0790 e. The van der Waals surface area contributed by atoms with Gasteiger partial charge in [-0.05, 0) is 36.5 Å². The van der Waals surface area contributed by atoms with E-state index in [0.29, 0.717) is 0 Å². The van der Waals surface area contributed by atoms with Gasteiger partial charge in [-0.1, -0.05) is 38.3 Å². The van der Waals surface area contributed by atoms with Gasteiger partial charge in [0.05, 0.1) is 6.10 Å². The Morgan fingerprint density at radius 3 is 2.94 bits per heavy atom. The molecule has 1 N–H and O–H groups in total. The van der Waals surface area contributed by atoms with E-state index in [0.717, 1.165) is 31.4 Å². The monoisotopic (exact) mass is 247 g/mol. The molecule has 0 fully saturated rings. The van der Waals surface area contributed by atoms with E-state index in [9.17, 15) is 5.11 Å². The highest BCUT2D eigenvalue weighted by molar-refractivity contribution is 5.56. The molecule has 0 bridgehead atoms. The van der Waals surface area contributed by atoms with E-state index in [1.807, 2.05) is 0 Å². The molecule has 18 heavy (non-hydrogen) atoms. The first-order valence-electron chi connectivity index (χ1n) is 7.24. The number of aliphatic hydroxyl groups excluding tert-OH is 1. The van der Waals surface area contributed by atoms with Crippen LogP contribution >= 0.6 is 0 Å². The zero-order chi connectivity index (χ0) is 13.0. The Bertz CT molecular complexity index is 389. The van der Waals surface area contributed by atoms with Gasteiger partial charge < -0.3 is 10.0 Å². The van der Waals surface area contributed by atoms with Crippen molar-refractivity contribution in [2.75, 3.05) is 18.5 Å². The Kier molecular flexibility index (Phi) is 4.65. The molecule has 0 aliphatic carbocycles. The van der Waals surface area contributed by atoms with E-state index >= 15 is 0 Å². The normalized spacial score (nSPS) is 16.5. The summed E-state index contributed by atoms with van der Waals surface area (Å²) in [5.41, 5.74) is 3.83. The molecular formula is C16H25NO. The van der Waals surface area contributed by atoms with Crippen LogP contribution in [0.5, 0.6) is 0 Å². The van der Waals surface area contributed by atoms with Gasteiger partial charge >= 0.3 is 0 Å². The molecule has 1 aliphatic rings. The number of hydrogen-bond donors (Lipinski definition) is 1. The van der Waals surface area contributed by atoms with E-state index in [2.05, 4.69) is 37.1 Å². The molecule has 0 amide bonds. The molecule has 100 valence electrons. The van der Waals surface area contributed by atoms with E-state index in [1.165, 1.54) is 30.5 Å². The number of nitrogens with zero attached hydrogens (tertiary/aromatic N) is 1. The molecule has 2 nitrogen and oxygen atoms in total. The van der Waals surface area contributed by atoms with Crippen molar-refractivity contribution >= 4 is 5.69 Å². The summed E-state index contributed by atoms with van der Waals surface area (Å²) >= 11 is 0.